The first-order valence-electron chi connectivity index (χ1n) is 6.30. The molecule has 1 atom stereocenters. The smallest absolute Gasteiger partial charge is 0.162 e. The van der Waals surface area contributed by atoms with E-state index in [0.717, 1.165) is 21.2 Å². The van der Waals surface area contributed by atoms with E-state index < -0.39 is 0 Å². The van der Waals surface area contributed by atoms with Gasteiger partial charge in [0, 0.05) is 15.6 Å². The molecule has 2 aromatic rings. The van der Waals surface area contributed by atoms with Crippen LogP contribution in [-0.2, 0) is 0 Å². The van der Waals surface area contributed by atoms with Crippen LogP contribution in [0.25, 0.3) is 0 Å². The molecule has 0 saturated carbocycles. The van der Waals surface area contributed by atoms with Crippen molar-refractivity contribution in [2.45, 2.75) is 12.3 Å². The maximum atomic E-state index is 6.64. The minimum absolute atomic E-state index is 0.366. The Morgan fingerprint density at radius 3 is 2.29 bits per heavy atom. The molecule has 0 aliphatic rings. The molecule has 0 radical (unpaired) electrons. The zero-order valence-corrected chi connectivity index (χ0v) is 15.0. The Balaban J connectivity index is 2.53. The summed E-state index contributed by atoms with van der Waals surface area (Å²) >= 11 is 16.5. The third-order valence-corrected chi connectivity index (χ3v) is 5.02. The van der Waals surface area contributed by atoms with Crippen LogP contribution in [0.1, 0.15) is 22.1 Å². The molecule has 0 N–H and O–H groups in total. The van der Waals surface area contributed by atoms with Gasteiger partial charge in [0.25, 0.3) is 0 Å². The van der Waals surface area contributed by atoms with Crippen LogP contribution in [0.15, 0.2) is 34.8 Å². The highest BCUT2D eigenvalue weighted by atomic mass is 79.9. The summed E-state index contributed by atoms with van der Waals surface area (Å²) in [6.07, 6.45) is 0. The Morgan fingerprint density at radius 2 is 1.67 bits per heavy atom. The highest BCUT2D eigenvalue weighted by Crippen LogP contribution is 2.41. The number of methoxy groups -OCH3 is 2. The van der Waals surface area contributed by atoms with Gasteiger partial charge in [-0.1, -0.05) is 39.7 Å². The molecular formula is C16H15BrCl2O2. The molecule has 21 heavy (non-hydrogen) atoms. The first-order chi connectivity index (χ1) is 9.99. The minimum Gasteiger partial charge on any atom is -0.493 e. The quantitative estimate of drug-likeness (QED) is 0.619. The Kier molecular flexibility index (Phi) is 5.42. The predicted octanol–water partition coefficient (Wildman–Crippen LogP) is 5.76. The fourth-order valence-electron chi connectivity index (χ4n) is 2.13. The van der Waals surface area contributed by atoms with Crippen LogP contribution >= 0.6 is 39.1 Å². The lowest BCUT2D eigenvalue weighted by Gasteiger charge is -2.18. The van der Waals surface area contributed by atoms with Gasteiger partial charge in [0.1, 0.15) is 0 Å². The number of ether oxygens (including phenoxy) is 2. The Labute approximate surface area is 143 Å². The van der Waals surface area contributed by atoms with Gasteiger partial charge in [-0.15, -0.1) is 11.6 Å². The lowest BCUT2D eigenvalue weighted by molar-refractivity contribution is 0.354. The Hall–Kier alpha value is -0.900. The van der Waals surface area contributed by atoms with E-state index in [1.165, 1.54) is 0 Å². The van der Waals surface area contributed by atoms with Crippen LogP contribution in [0.4, 0.5) is 0 Å². The van der Waals surface area contributed by atoms with Crippen LogP contribution in [-0.4, -0.2) is 14.2 Å². The molecule has 0 amide bonds. The van der Waals surface area contributed by atoms with Gasteiger partial charge in [-0.05, 0) is 35.7 Å². The van der Waals surface area contributed by atoms with Crippen molar-refractivity contribution < 1.29 is 9.47 Å². The van der Waals surface area contributed by atoms with E-state index in [0.29, 0.717) is 16.5 Å². The zero-order chi connectivity index (χ0) is 15.6. The summed E-state index contributed by atoms with van der Waals surface area (Å²) in [5, 5.41) is 0.182. The van der Waals surface area contributed by atoms with Crippen molar-refractivity contribution in [3.05, 3.63) is 56.5 Å². The van der Waals surface area contributed by atoms with E-state index in [1.807, 2.05) is 31.2 Å². The summed E-state index contributed by atoms with van der Waals surface area (Å²) in [6, 6.07) is 9.47. The monoisotopic (exact) mass is 388 g/mol. The average molecular weight is 390 g/mol. The van der Waals surface area contributed by atoms with Crippen LogP contribution in [0, 0.1) is 6.92 Å². The van der Waals surface area contributed by atoms with Crippen LogP contribution in [0.2, 0.25) is 5.02 Å². The van der Waals surface area contributed by atoms with E-state index >= 15 is 0 Å². The van der Waals surface area contributed by atoms with E-state index in [1.54, 1.807) is 20.3 Å². The Bertz CT molecular complexity index is 659. The highest BCUT2D eigenvalue weighted by molar-refractivity contribution is 9.10. The second-order valence-electron chi connectivity index (χ2n) is 4.55. The molecule has 2 nitrogen and oxygen atoms in total. The van der Waals surface area contributed by atoms with Crippen molar-refractivity contribution >= 4 is 39.1 Å². The number of hydrogen-bond donors (Lipinski definition) is 0. The van der Waals surface area contributed by atoms with E-state index in [9.17, 15) is 0 Å². The molecule has 2 aromatic carbocycles. The van der Waals surface area contributed by atoms with Crippen LogP contribution in [0.5, 0.6) is 11.5 Å². The molecule has 0 spiro atoms. The summed E-state index contributed by atoms with van der Waals surface area (Å²) < 4.78 is 11.6. The van der Waals surface area contributed by atoms with E-state index in [2.05, 4.69) is 15.9 Å². The molecule has 0 bridgehead atoms. The van der Waals surface area contributed by atoms with Gasteiger partial charge in [-0.3, -0.25) is 0 Å². The van der Waals surface area contributed by atoms with Gasteiger partial charge in [0.05, 0.1) is 19.6 Å². The second kappa shape index (κ2) is 6.91. The third-order valence-electron chi connectivity index (χ3n) is 3.36. The first-order valence-corrected chi connectivity index (χ1v) is 7.90. The lowest BCUT2D eigenvalue weighted by Crippen LogP contribution is -2.00. The topological polar surface area (TPSA) is 18.5 Å². The van der Waals surface area contributed by atoms with Crippen molar-refractivity contribution in [1.82, 2.24) is 0 Å². The van der Waals surface area contributed by atoms with Crippen LogP contribution < -0.4 is 9.47 Å². The molecule has 0 aliphatic carbocycles. The molecule has 0 heterocycles. The number of rotatable bonds is 4. The molecule has 0 saturated heterocycles. The average Bonchev–Trinajstić information content (AvgIpc) is 2.49. The lowest BCUT2D eigenvalue weighted by atomic mass is 9.99. The summed E-state index contributed by atoms with van der Waals surface area (Å²) in [7, 11) is 3.16. The molecule has 0 aliphatic heterocycles. The molecule has 2 rings (SSSR count). The van der Waals surface area contributed by atoms with Crippen molar-refractivity contribution in [2.24, 2.45) is 0 Å². The maximum absolute atomic E-state index is 6.64. The SMILES string of the molecule is COc1cc(Cl)c(C(Cl)c2cccc(Br)c2C)cc1OC. The summed E-state index contributed by atoms with van der Waals surface area (Å²) in [5.74, 6) is 1.19. The third kappa shape index (κ3) is 3.31. The first kappa shape index (κ1) is 16.5. The van der Waals surface area contributed by atoms with Crippen molar-refractivity contribution in [1.29, 1.82) is 0 Å². The van der Waals surface area contributed by atoms with Crippen LogP contribution in [0.3, 0.4) is 0 Å². The molecule has 1 unspecified atom stereocenters. The molecule has 5 heteroatoms. The Morgan fingerprint density at radius 1 is 1.05 bits per heavy atom. The fourth-order valence-corrected chi connectivity index (χ4v) is 3.25. The number of alkyl halides is 1. The van der Waals surface area contributed by atoms with Gasteiger partial charge in [-0.25, -0.2) is 0 Å². The number of halogens is 3. The summed E-state index contributed by atoms with van der Waals surface area (Å²) in [5.41, 5.74) is 2.88. The predicted molar refractivity (Wildman–Crippen MR) is 91.1 cm³/mol. The molecule has 0 fully saturated rings. The maximum Gasteiger partial charge on any atom is 0.162 e. The van der Waals surface area contributed by atoms with Crippen molar-refractivity contribution in [2.75, 3.05) is 14.2 Å². The van der Waals surface area contributed by atoms with Gasteiger partial charge in [0.15, 0.2) is 11.5 Å². The number of benzene rings is 2. The molecular weight excluding hydrogens is 375 g/mol. The largest absolute Gasteiger partial charge is 0.493 e. The van der Waals surface area contributed by atoms with Crippen molar-refractivity contribution in [3.8, 4) is 11.5 Å². The number of hydrogen-bond acceptors (Lipinski definition) is 2. The standard InChI is InChI=1S/C16H15BrCl2O2/c1-9-10(5-4-6-12(9)17)16(19)11-7-14(20-2)15(21-3)8-13(11)18/h4-8,16H,1-3H3. The zero-order valence-electron chi connectivity index (χ0n) is 11.9. The van der Waals surface area contributed by atoms with Gasteiger partial charge < -0.3 is 9.47 Å². The van der Waals surface area contributed by atoms with E-state index in [4.69, 9.17) is 32.7 Å². The summed E-state index contributed by atoms with van der Waals surface area (Å²) in [4.78, 5) is 0. The fraction of sp³-hybridized carbons (Fsp3) is 0.250. The second-order valence-corrected chi connectivity index (χ2v) is 6.24. The van der Waals surface area contributed by atoms with Crippen molar-refractivity contribution in [3.63, 3.8) is 0 Å². The van der Waals surface area contributed by atoms with Gasteiger partial charge >= 0.3 is 0 Å². The normalized spacial score (nSPS) is 12.1. The highest BCUT2D eigenvalue weighted by Gasteiger charge is 2.20. The summed E-state index contributed by atoms with van der Waals surface area (Å²) in [6.45, 7) is 2.02. The van der Waals surface area contributed by atoms with Gasteiger partial charge in [0.2, 0.25) is 0 Å². The molecule has 0 aromatic heterocycles. The molecule has 112 valence electrons. The van der Waals surface area contributed by atoms with E-state index in [-0.39, 0.29) is 5.38 Å². The van der Waals surface area contributed by atoms with Gasteiger partial charge in [-0.2, -0.15) is 0 Å². The minimum atomic E-state index is -0.366.